The lowest BCUT2D eigenvalue weighted by atomic mass is 9.92. The van der Waals surface area contributed by atoms with Crippen LogP contribution in [0, 0.1) is 5.82 Å². The lowest BCUT2D eigenvalue weighted by Gasteiger charge is -2.31. The number of nitrogen functional groups attached to an aromatic ring is 1. The van der Waals surface area contributed by atoms with Crippen molar-refractivity contribution in [2.75, 3.05) is 32.0 Å². The summed E-state index contributed by atoms with van der Waals surface area (Å²) in [5.74, 6) is -0.638. The first kappa shape index (κ1) is 27.3. The molecule has 2 aromatic carbocycles. The summed E-state index contributed by atoms with van der Waals surface area (Å²) in [5.41, 5.74) is 16.3. The SMILES string of the molecule is NC(=O)c1c(-c2ccc(-c3cc(C4CCN(CCO)CC4)n4ncnc(N)c34)cc2)ccn(-c2ccc(F)cc2)c1=O. The molecule has 1 fully saturated rings. The Labute approximate surface area is 240 Å². The molecule has 1 saturated heterocycles. The molecule has 0 bridgehead atoms. The Bertz CT molecular complexity index is 1820. The summed E-state index contributed by atoms with van der Waals surface area (Å²) in [6, 6.07) is 16.6. The van der Waals surface area contributed by atoms with Gasteiger partial charge in [0.15, 0.2) is 5.82 Å². The topological polar surface area (TPSA) is 145 Å². The Morgan fingerprint density at radius 3 is 2.31 bits per heavy atom. The third kappa shape index (κ3) is 4.93. The summed E-state index contributed by atoms with van der Waals surface area (Å²) < 4.78 is 16.6. The highest BCUT2D eigenvalue weighted by Crippen LogP contribution is 2.37. The molecule has 3 aromatic heterocycles. The van der Waals surface area contributed by atoms with Crippen molar-refractivity contribution < 1.29 is 14.3 Å². The van der Waals surface area contributed by atoms with Gasteiger partial charge in [0.2, 0.25) is 0 Å². The number of benzene rings is 2. The van der Waals surface area contributed by atoms with Crippen molar-refractivity contribution >= 4 is 17.2 Å². The van der Waals surface area contributed by atoms with Gasteiger partial charge < -0.3 is 21.5 Å². The highest BCUT2D eigenvalue weighted by atomic mass is 19.1. The molecule has 4 heterocycles. The largest absolute Gasteiger partial charge is 0.395 e. The van der Waals surface area contributed by atoms with Crippen molar-refractivity contribution in [3.8, 4) is 27.9 Å². The Balaban J connectivity index is 1.37. The molecule has 5 N–H and O–H groups in total. The second-order valence-electron chi connectivity index (χ2n) is 10.4. The molecule has 214 valence electrons. The number of rotatable bonds is 7. The molecule has 0 radical (unpaired) electrons. The number of hydrogen-bond acceptors (Lipinski definition) is 7. The summed E-state index contributed by atoms with van der Waals surface area (Å²) in [6.07, 6.45) is 4.88. The van der Waals surface area contributed by atoms with Crippen LogP contribution >= 0.6 is 0 Å². The van der Waals surface area contributed by atoms with Crippen LogP contribution in [0.3, 0.4) is 0 Å². The van der Waals surface area contributed by atoms with E-state index in [4.69, 9.17) is 11.5 Å². The average molecular weight is 568 g/mol. The normalized spacial score (nSPS) is 14.4. The fraction of sp³-hybridized carbons (Fsp3) is 0.226. The van der Waals surface area contributed by atoms with Gasteiger partial charge in [0.25, 0.3) is 11.5 Å². The number of aliphatic hydroxyl groups is 1. The van der Waals surface area contributed by atoms with Gasteiger partial charge in [-0.25, -0.2) is 13.9 Å². The third-order valence-corrected chi connectivity index (χ3v) is 7.98. The van der Waals surface area contributed by atoms with Crippen molar-refractivity contribution in [3.63, 3.8) is 0 Å². The number of anilines is 1. The number of likely N-dealkylation sites (tertiary alicyclic amines) is 1. The van der Waals surface area contributed by atoms with Crippen LogP contribution in [0.2, 0.25) is 0 Å². The van der Waals surface area contributed by atoms with Crippen LogP contribution in [0.25, 0.3) is 33.5 Å². The van der Waals surface area contributed by atoms with Crippen LogP contribution in [-0.2, 0) is 0 Å². The fourth-order valence-electron chi connectivity index (χ4n) is 5.85. The molecule has 11 heteroatoms. The predicted molar refractivity (Wildman–Crippen MR) is 158 cm³/mol. The molecule has 0 spiro atoms. The number of nitrogens with zero attached hydrogens (tertiary/aromatic N) is 5. The molecule has 42 heavy (non-hydrogen) atoms. The summed E-state index contributed by atoms with van der Waals surface area (Å²) in [4.78, 5) is 32.2. The van der Waals surface area contributed by atoms with Gasteiger partial charge in [-0.05, 0) is 73.5 Å². The van der Waals surface area contributed by atoms with Gasteiger partial charge in [-0.1, -0.05) is 24.3 Å². The summed E-state index contributed by atoms with van der Waals surface area (Å²) in [7, 11) is 0. The molecule has 0 atom stereocenters. The zero-order valence-electron chi connectivity index (χ0n) is 22.8. The number of amides is 1. The van der Waals surface area contributed by atoms with E-state index in [-0.39, 0.29) is 18.1 Å². The maximum Gasteiger partial charge on any atom is 0.268 e. The van der Waals surface area contributed by atoms with Crippen LogP contribution in [0.4, 0.5) is 10.2 Å². The molecule has 6 rings (SSSR count). The van der Waals surface area contributed by atoms with Crippen molar-refractivity contribution in [3.05, 3.63) is 101 Å². The molecule has 1 aliphatic heterocycles. The number of primary amides is 1. The third-order valence-electron chi connectivity index (χ3n) is 7.98. The number of carbonyl (C=O) groups is 1. The molecular weight excluding hydrogens is 537 g/mol. The first-order valence-corrected chi connectivity index (χ1v) is 13.7. The van der Waals surface area contributed by atoms with E-state index in [0.29, 0.717) is 29.2 Å². The van der Waals surface area contributed by atoms with Crippen molar-refractivity contribution in [1.82, 2.24) is 24.1 Å². The minimum Gasteiger partial charge on any atom is -0.395 e. The molecule has 1 amide bonds. The number of piperidine rings is 1. The number of hydrogen-bond donors (Lipinski definition) is 3. The first-order chi connectivity index (χ1) is 20.4. The van der Waals surface area contributed by atoms with Crippen LogP contribution < -0.4 is 17.0 Å². The summed E-state index contributed by atoms with van der Waals surface area (Å²) in [6.45, 7) is 2.61. The Kier molecular flexibility index (Phi) is 7.27. The number of aliphatic hydroxyl groups excluding tert-OH is 1. The van der Waals surface area contributed by atoms with E-state index in [2.05, 4.69) is 21.0 Å². The number of nitrogens with two attached hydrogens (primary N) is 2. The number of carbonyl (C=O) groups excluding carboxylic acids is 1. The van der Waals surface area contributed by atoms with Gasteiger partial charge in [-0.15, -0.1) is 0 Å². The molecule has 1 aliphatic rings. The predicted octanol–water partition coefficient (Wildman–Crippen LogP) is 3.21. The minimum atomic E-state index is -0.853. The van der Waals surface area contributed by atoms with Gasteiger partial charge in [0, 0.05) is 41.2 Å². The van der Waals surface area contributed by atoms with Crippen molar-refractivity contribution in [2.24, 2.45) is 5.73 Å². The van der Waals surface area contributed by atoms with Gasteiger partial charge in [-0.2, -0.15) is 5.10 Å². The van der Waals surface area contributed by atoms with Gasteiger partial charge in [0.05, 0.1) is 6.61 Å². The molecule has 0 unspecified atom stereocenters. The van der Waals surface area contributed by atoms with Crippen LogP contribution in [0.15, 0.2) is 78.0 Å². The molecule has 10 nitrogen and oxygen atoms in total. The van der Waals surface area contributed by atoms with Crippen molar-refractivity contribution in [2.45, 2.75) is 18.8 Å². The molecule has 5 aromatic rings. The first-order valence-electron chi connectivity index (χ1n) is 13.7. The lowest BCUT2D eigenvalue weighted by molar-refractivity contribution is 0.0999. The standard InChI is InChI=1S/C31H30FN7O3/c32-22-5-7-23(8-6-22)38-14-11-24(27(30(34)41)31(38)42)19-1-3-20(4-2-19)25-17-26(39-28(25)29(33)35-18-36-39)21-9-12-37(13-10-21)15-16-40/h1-8,11,14,17-18,21,40H,9-10,12-13,15-16H2,(H2,34,41)(H2,33,35,36). The van der Waals surface area contributed by atoms with Gasteiger partial charge in [0.1, 0.15) is 23.2 Å². The number of halogens is 1. The quantitative estimate of drug-likeness (QED) is 0.274. The lowest BCUT2D eigenvalue weighted by Crippen LogP contribution is -2.35. The minimum absolute atomic E-state index is 0.150. The van der Waals surface area contributed by atoms with E-state index in [1.165, 1.54) is 35.2 Å². The molecule has 0 aliphatic carbocycles. The van der Waals surface area contributed by atoms with Crippen LogP contribution in [0.5, 0.6) is 0 Å². The number of aromatic nitrogens is 4. The highest BCUT2D eigenvalue weighted by molar-refractivity contribution is 5.99. The van der Waals surface area contributed by atoms with Crippen LogP contribution in [-0.4, -0.2) is 61.3 Å². The second-order valence-corrected chi connectivity index (χ2v) is 10.4. The van der Waals surface area contributed by atoms with E-state index >= 15 is 0 Å². The van der Waals surface area contributed by atoms with E-state index in [1.54, 1.807) is 12.3 Å². The molecule has 0 saturated carbocycles. The highest BCUT2D eigenvalue weighted by Gasteiger charge is 2.26. The summed E-state index contributed by atoms with van der Waals surface area (Å²) >= 11 is 0. The Hall–Kier alpha value is -4.87. The smallest absolute Gasteiger partial charge is 0.268 e. The monoisotopic (exact) mass is 567 g/mol. The average Bonchev–Trinajstić information content (AvgIpc) is 3.39. The van der Waals surface area contributed by atoms with E-state index in [1.807, 2.05) is 28.8 Å². The zero-order chi connectivity index (χ0) is 29.4. The van der Waals surface area contributed by atoms with Crippen molar-refractivity contribution in [1.29, 1.82) is 0 Å². The number of fused-ring (bicyclic) bond motifs is 1. The number of pyridine rings is 1. The van der Waals surface area contributed by atoms with Gasteiger partial charge in [-0.3, -0.25) is 14.2 Å². The summed E-state index contributed by atoms with van der Waals surface area (Å²) in [5, 5.41) is 13.8. The second kappa shape index (κ2) is 11.2. The number of β-amino-alcohol motifs (C(OH)–C–C–N with tert-alkyl or cyclic N) is 1. The zero-order valence-corrected chi connectivity index (χ0v) is 22.8. The Morgan fingerprint density at radius 1 is 1.00 bits per heavy atom. The maximum absolute atomic E-state index is 13.4. The van der Waals surface area contributed by atoms with Gasteiger partial charge >= 0.3 is 0 Å². The van der Waals surface area contributed by atoms with Crippen LogP contribution in [0.1, 0.15) is 34.8 Å². The van der Waals surface area contributed by atoms with E-state index in [9.17, 15) is 19.1 Å². The maximum atomic E-state index is 13.4. The Morgan fingerprint density at radius 2 is 1.67 bits per heavy atom. The fourth-order valence-corrected chi connectivity index (χ4v) is 5.85. The van der Waals surface area contributed by atoms with E-state index < -0.39 is 17.3 Å². The van der Waals surface area contributed by atoms with E-state index in [0.717, 1.165) is 48.3 Å². The molecular formula is C31H30FN7O3.